The van der Waals surface area contributed by atoms with Crippen LogP contribution in [0, 0.1) is 23.7 Å². The molecule has 0 saturated carbocycles. The number of nitrogens with one attached hydrogen (secondary N) is 2. The van der Waals surface area contributed by atoms with Crippen molar-refractivity contribution in [3.63, 3.8) is 0 Å². The zero-order valence-corrected chi connectivity index (χ0v) is 23.1. The molecule has 2 N–H and O–H groups in total. The van der Waals surface area contributed by atoms with E-state index in [4.69, 9.17) is 18.9 Å². The van der Waals surface area contributed by atoms with Gasteiger partial charge in [0.15, 0.2) is 17.4 Å². The van der Waals surface area contributed by atoms with Crippen LogP contribution in [-0.2, 0) is 18.9 Å². The van der Waals surface area contributed by atoms with Crippen molar-refractivity contribution in [1.29, 1.82) is 0 Å². The van der Waals surface area contributed by atoms with Gasteiger partial charge in [-0.2, -0.15) is 4.98 Å². The molecule has 0 aliphatic carbocycles. The number of imidazole rings is 1. The Bertz CT molecular complexity index is 1000. The molecular weight excluding hydrogens is 462 g/mol. The third-order valence-corrected chi connectivity index (χ3v) is 5.65. The predicted octanol–water partition coefficient (Wildman–Crippen LogP) is 3.84. The third-order valence-electron chi connectivity index (χ3n) is 5.65. The highest BCUT2D eigenvalue weighted by Crippen LogP contribution is 2.36. The van der Waals surface area contributed by atoms with Gasteiger partial charge in [0.05, 0.1) is 12.9 Å². The van der Waals surface area contributed by atoms with E-state index >= 15 is 0 Å². The fourth-order valence-corrected chi connectivity index (χ4v) is 3.97. The van der Waals surface area contributed by atoms with Crippen LogP contribution in [0.3, 0.4) is 0 Å². The number of aromatic nitrogens is 4. The average Bonchev–Trinajstić information content (AvgIpc) is 3.35. The molecule has 0 spiro atoms. The zero-order chi connectivity index (χ0) is 26.4. The van der Waals surface area contributed by atoms with Gasteiger partial charge in [-0.25, -0.2) is 4.98 Å². The summed E-state index contributed by atoms with van der Waals surface area (Å²) in [6.45, 7) is 19.7. The lowest BCUT2D eigenvalue weighted by atomic mass is 10.1. The predicted molar refractivity (Wildman–Crippen MR) is 140 cm³/mol. The zero-order valence-electron chi connectivity index (χ0n) is 23.1. The van der Waals surface area contributed by atoms with Crippen LogP contribution >= 0.6 is 0 Å². The van der Waals surface area contributed by atoms with Crippen LogP contribution in [-0.4, -0.2) is 70.8 Å². The van der Waals surface area contributed by atoms with E-state index in [9.17, 15) is 4.79 Å². The minimum Gasteiger partial charge on any atom is -0.378 e. The van der Waals surface area contributed by atoms with Gasteiger partial charge in [-0.3, -0.25) is 14.3 Å². The number of ether oxygens (including phenoxy) is 4. The highest BCUT2D eigenvalue weighted by atomic mass is 16.6. The van der Waals surface area contributed by atoms with Crippen LogP contribution in [0.5, 0.6) is 0 Å². The van der Waals surface area contributed by atoms with Crippen LogP contribution in [0.15, 0.2) is 11.1 Å². The standard InChI is InChI=1S/C26H45N5O5/c1-15(2)9-27-26-29-23-20(24(32)30-26)28-14-31(23)25-22(35-12-18(7)8)21(34-11-17(5)6)19(36-25)13-33-10-16(3)4/h14-19,21-22,25H,9-13H2,1-8H3,(H2,27,29,30,32)/t19-,21-,22-,25-/m1/s1. The molecule has 4 atom stereocenters. The van der Waals surface area contributed by atoms with E-state index in [0.29, 0.717) is 68.2 Å². The monoisotopic (exact) mass is 507 g/mol. The van der Waals surface area contributed by atoms with Crippen molar-refractivity contribution in [3.05, 3.63) is 16.7 Å². The molecule has 10 heteroatoms. The number of hydrogen-bond acceptors (Lipinski definition) is 8. The topological polar surface area (TPSA) is 113 Å². The Labute approximate surface area is 214 Å². The summed E-state index contributed by atoms with van der Waals surface area (Å²) in [4.78, 5) is 24.6. The molecule has 1 saturated heterocycles. The molecule has 0 radical (unpaired) electrons. The molecule has 10 nitrogen and oxygen atoms in total. The molecule has 2 aromatic rings. The number of aromatic amines is 1. The van der Waals surface area contributed by atoms with Gasteiger partial charge in [-0.05, 0) is 23.7 Å². The summed E-state index contributed by atoms with van der Waals surface area (Å²) >= 11 is 0. The Morgan fingerprint density at radius 2 is 1.61 bits per heavy atom. The Balaban J connectivity index is 1.97. The lowest BCUT2D eigenvalue weighted by Crippen LogP contribution is -2.40. The van der Waals surface area contributed by atoms with E-state index in [0.717, 1.165) is 0 Å². The number of anilines is 1. The molecule has 0 aromatic carbocycles. The number of H-pyrrole nitrogens is 1. The molecule has 3 rings (SSSR count). The van der Waals surface area contributed by atoms with Crippen molar-refractivity contribution in [1.82, 2.24) is 19.5 Å². The lowest BCUT2D eigenvalue weighted by molar-refractivity contribution is -0.0904. The van der Waals surface area contributed by atoms with E-state index in [1.54, 1.807) is 10.9 Å². The molecule has 1 aliphatic rings. The molecule has 36 heavy (non-hydrogen) atoms. The van der Waals surface area contributed by atoms with E-state index in [1.165, 1.54) is 0 Å². The van der Waals surface area contributed by atoms with E-state index in [2.05, 4.69) is 75.7 Å². The van der Waals surface area contributed by atoms with Gasteiger partial charge in [0.25, 0.3) is 5.56 Å². The molecule has 1 fully saturated rings. The summed E-state index contributed by atoms with van der Waals surface area (Å²) in [5.74, 6) is 1.91. The Hall–Kier alpha value is -2.01. The second-order valence-corrected chi connectivity index (χ2v) is 11.4. The average molecular weight is 508 g/mol. The largest absolute Gasteiger partial charge is 0.378 e. The van der Waals surface area contributed by atoms with Crippen molar-refractivity contribution >= 4 is 17.1 Å². The number of nitrogens with zero attached hydrogens (tertiary/aromatic N) is 3. The smallest absolute Gasteiger partial charge is 0.280 e. The number of hydrogen-bond donors (Lipinski definition) is 2. The van der Waals surface area contributed by atoms with Gasteiger partial charge in [-0.15, -0.1) is 0 Å². The van der Waals surface area contributed by atoms with Crippen molar-refractivity contribution in [2.24, 2.45) is 23.7 Å². The second kappa shape index (κ2) is 13.0. The molecule has 0 unspecified atom stereocenters. The first-order chi connectivity index (χ1) is 17.1. The first-order valence-corrected chi connectivity index (χ1v) is 13.2. The first-order valence-electron chi connectivity index (χ1n) is 13.2. The molecule has 204 valence electrons. The second-order valence-electron chi connectivity index (χ2n) is 11.4. The lowest BCUT2D eigenvalue weighted by Gasteiger charge is -2.26. The van der Waals surface area contributed by atoms with E-state index < -0.39 is 12.3 Å². The Kier molecular flexibility index (Phi) is 10.3. The fraction of sp³-hybridized carbons (Fsp3) is 0.808. The van der Waals surface area contributed by atoms with Gasteiger partial charge < -0.3 is 24.3 Å². The van der Waals surface area contributed by atoms with Gasteiger partial charge in [0.1, 0.15) is 18.3 Å². The maximum Gasteiger partial charge on any atom is 0.280 e. The summed E-state index contributed by atoms with van der Waals surface area (Å²) in [6.07, 6.45) is -0.0361. The minimum atomic E-state index is -0.564. The molecule has 0 amide bonds. The molecule has 3 heterocycles. The van der Waals surface area contributed by atoms with Gasteiger partial charge in [-0.1, -0.05) is 55.4 Å². The fourth-order valence-electron chi connectivity index (χ4n) is 3.97. The maximum absolute atomic E-state index is 12.8. The van der Waals surface area contributed by atoms with Crippen molar-refractivity contribution in [2.75, 3.05) is 38.3 Å². The summed E-state index contributed by atoms with van der Waals surface area (Å²) in [7, 11) is 0. The SMILES string of the molecule is CC(C)CNc1nc2c(ncn2[C@@H]2O[C@H](COCC(C)C)[C@@H](OCC(C)C)[C@H]2OCC(C)C)c(=O)[nH]1. The maximum atomic E-state index is 12.8. The van der Waals surface area contributed by atoms with Crippen LogP contribution in [0.4, 0.5) is 5.95 Å². The van der Waals surface area contributed by atoms with Crippen LogP contribution in [0.1, 0.15) is 61.6 Å². The Morgan fingerprint density at radius 1 is 0.972 bits per heavy atom. The number of fused-ring (bicyclic) bond motifs is 1. The molecular formula is C26H45N5O5. The van der Waals surface area contributed by atoms with Crippen LogP contribution in [0.25, 0.3) is 11.2 Å². The summed E-state index contributed by atoms with van der Waals surface area (Å²) in [6, 6.07) is 0. The summed E-state index contributed by atoms with van der Waals surface area (Å²) < 4.78 is 27.1. The normalized spacial score (nSPS) is 22.7. The van der Waals surface area contributed by atoms with Gasteiger partial charge in [0.2, 0.25) is 5.95 Å². The first kappa shape index (κ1) is 28.6. The molecule has 2 aromatic heterocycles. The van der Waals surface area contributed by atoms with Crippen LogP contribution in [0.2, 0.25) is 0 Å². The van der Waals surface area contributed by atoms with Gasteiger partial charge >= 0.3 is 0 Å². The highest BCUT2D eigenvalue weighted by molar-refractivity contribution is 5.71. The van der Waals surface area contributed by atoms with E-state index in [-0.39, 0.29) is 23.3 Å². The minimum absolute atomic E-state index is 0.260. The van der Waals surface area contributed by atoms with Crippen LogP contribution < -0.4 is 10.9 Å². The quantitative estimate of drug-likeness (QED) is 0.397. The highest BCUT2D eigenvalue weighted by Gasteiger charge is 2.48. The summed E-state index contributed by atoms with van der Waals surface area (Å²) in [5, 5.41) is 3.20. The third kappa shape index (κ3) is 7.50. The van der Waals surface area contributed by atoms with Gasteiger partial charge in [0, 0.05) is 26.4 Å². The Morgan fingerprint density at radius 3 is 2.22 bits per heavy atom. The molecule has 1 aliphatic heterocycles. The van der Waals surface area contributed by atoms with E-state index in [1.807, 2.05) is 0 Å². The van der Waals surface area contributed by atoms with Crippen molar-refractivity contribution < 1.29 is 18.9 Å². The number of rotatable bonds is 14. The summed E-state index contributed by atoms with van der Waals surface area (Å²) in [5.41, 5.74) is 0.405. The van der Waals surface area contributed by atoms with Crippen molar-refractivity contribution in [2.45, 2.75) is 79.9 Å². The van der Waals surface area contributed by atoms with Crippen molar-refractivity contribution in [3.8, 4) is 0 Å². The molecule has 0 bridgehead atoms.